The third-order valence-corrected chi connectivity index (χ3v) is 1.74. The van der Waals surface area contributed by atoms with Gasteiger partial charge in [0.1, 0.15) is 11.9 Å². The Morgan fingerprint density at radius 3 is 2.13 bits per heavy atom. The summed E-state index contributed by atoms with van der Waals surface area (Å²) in [4.78, 5) is 0. The van der Waals surface area contributed by atoms with Gasteiger partial charge in [-0.15, -0.1) is 0 Å². The normalized spacial score (nSPS) is 14.5. The zero-order valence-corrected chi connectivity index (χ0v) is 7.63. The quantitative estimate of drug-likeness (QED) is 0.760. The molecule has 2 N–H and O–H groups in total. The molecule has 0 aliphatic rings. The lowest BCUT2D eigenvalue weighted by Gasteiger charge is -2.10. The molecule has 0 aliphatic carbocycles. The van der Waals surface area contributed by atoms with Crippen LogP contribution in [0.15, 0.2) is 30.3 Å². The maximum absolute atomic E-state index is 12.4. The second kappa shape index (κ2) is 4.44. The van der Waals surface area contributed by atoms with Crippen molar-refractivity contribution in [2.45, 2.75) is 12.2 Å². The summed E-state index contributed by atoms with van der Waals surface area (Å²) in [5, 5.41) is 0. The first-order chi connectivity index (χ1) is 6.89. The highest BCUT2D eigenvalue weighted by Crippen LogP contribution is 2.19. The molecule has 0 saturated carbocycles. The molecule has 1 atom stereocenters. The van der Waals surface area contributed by atoms with Gasteiger partial charge in [0.2, 0.25) is 0 Å². The van der Waals surface area contributed by atoms with E-state index in [0.29, 0.717) is 5.56 Å². The van der Waals surface area contributed by atoms with E-state index in [9.17, 15) is 17.6 Å². The van der Waals surface area contributed by atoms with Crippen LogP contribution in [0, 0.1) is 5.82 Å². The van der Waals surface area contributed by atoms with Gasteiger partial charge in [0.25, 0.3) is 0 Å². The number of alkyl halides is 3. The summed E-state index contributed by atoms with van der Waals surface area (Å²) in [5.74, 6) is -0.438. The van der Waals surface area contributed by atoms with Crippen molar-refractivity contribution in [1.29, 1.82) is 0 Å². The van der Waals surface area contributed by atoms with Crippen LogP contribution in [0.5, 0.6) is 0 Å². The molecule has 0 spiro atoms. The van der Waals surface area contributed by atoms with Crippen LogP contribution in [0.4, 0.5) is 17.6 Å². The smallest absolute Gasteiger partial charge is 0.317 e. The number of halogens is 4. The van der Waals surface area contributed by atoms with Gasteiger partial charge in [0.05, 0.1) is 0 Å². The highest BCUT2D eigenvalue weighted by atomic mass is 19.4. The molecule has 1 rings (SSSR count). The summed E-state index contributed by atoms with van der Waals surface area (Å²) < 4.78 is 48.4. The zero-order chi connectivity index (χ0) is 11.5. The van der Waals surface area contributed by atoms with Crippen LogP contribution in [0.25, 0.3) is 6.08 Å². The summed E-state index contributed by atoms with van der Waals surface area (Å²) in [6.45, 7) is 0. The first kappa shape index (κ1) is 11.7. The van der Waals surface area contributed by atoms with Crippen molar-refractivity contribution >= 4 is 6.08 Å². The highest BCUT2D eigenvalue weighted by Gasteiger charge is 2.34. The molecule has 1 unspecified atom stereocenters. The highest BCUT2D eigenvalue weighted by molar-refractivity contribution is 5.49. The molecule has 0 fully saturated rings. The zero-order valence-electron chi connectivity index (χ0n) is 7.63. The second-order valence-electron chi connectivity index (χ2n) is 2.98. The van der Waals surface area contributed by atoms with Gasteiger partial charge in [-0.25, -0.2) is 4.39 Å². The van der Waals surface area contributed by atoms with Crippen molar-refractivity contribution in [2.24, 2.45) is 5.73 Å². The fourth-order valence-corrected chi connectivity index (χ4v) is 0.898. The van der Waals surface area contributed by atoms with Gasteiger partial charge in [-0.2, -0.15) is 13.2 Å². The average molecular weight is 219 g/mol. The van der Waals surface area contributed by atoms with Crippen LogP contribution < -0.4 is 5.73 Å². The molecule has 5 heteroatoms. The topological polar surface area (TPSA) is 26.0 Å². The maximum Gasteiger partial charge on any atom is 0.407 e. The number of benzene rings is 1. The van der Waals surface area contributed by atoms with Gasteiger partial charge < -0.3 is 5.73 Å². The van der Waals surface area contributed by atoms with Gasteiger partial charge in [0.15, 0.2) is 0 Å². The van der Waals surface area contributed by atoms with Crippen LogP contribution in [0.3, 0.4) is 0 Å². The van der Waals surface area contributed by atoms with Crippen molar-refractivity contribution in [3.8, 4) is 0 Å². The summed E-state index contributed by atoms with van der Waals surface area (Å²) in [6, 6.07) is 3.07. The van der Waals surface area contributed by atoms with E-state index < -0.39 is 18.0 Å². The monoisotopic (exact) mass is 219 g/mol. The predicted molar refractivity (Wildman–Crippen MR) is 49.5 cm³/mol. The Kier molecular flexibility index (Phi) is 3.47. The van der Waals surface area contributed by atoms with Crippen molar-refractivity contribution in [1.82, 2.24) is 0 Å². The third-order valence-electron chi connectivity index (χ3n) is 1.74. The fourth-order valence-electron chi connectivity index (χ4n) is 0.898. The van der Waals surface area contributed by atoms with Crippen molar-refractivity contribution in [3.63, 3.8) is 0 Å². The van der Waals surface area contributed by atoms with Crippen LogP contribution in [-0.2, 0) is 0 Å². The Morgan fingerprint density at radius 2 is 1.67 bits per heavy atom. The summed E-state index contributed by atoms with van der Waals surface area (Å²) >= 11 is 0. The SMILES string of the molecule is NC(/C=C/c1ccc(F)cc1)C(F)(F)F. The Balaban J connectivity index is 2.70. The summed E-state index contributed by atoms with van der Waals surface area (Å²) in [6.07, 6.45) is -2.42. The molecule has 0 saturated heterocycles. The Bertz CT molecular complexity index is 339. The number of rotatable bonds is 2. The standard InChI is InChI=1S/C10H9F4N/c11-8-4-1-7(2-5-8)3-6-9(15)10(12,13)14/h1-6,9H,15H2/b6-3+. The molecule has 1 aromatic rings. The molecule has 15 heavy (non-hydrogen) atoms. The lowest BCUT2D eigenvalue weighted by Crippen LogP contribution is -2.35. The third kappa shape index (κ3) is 3.71. The molecule has 0 radical (unpaired) electrons. The van der Waals surface area contributed by atoms with E-state index in [2.05, 4.69) is 0 Å². The molecule has 0 amide bonds. The van der Waals surface area contributed by atoms with E-state index in [1.165, 1.54) is 30.3 Å². The first-order valence-electron chi connectivity index (χ1n) is 4.15. The van der Waals surface area contributed by atoms with Gasteiger partial charge >= 0.3 is 6.18 Å². The predicted octanol–water partition coefficient (Wildman–Crippen LogP) is 2.73. The average Bonchev–Trinajstić information content (AvgIpc) is 2.15. The van der Waals surface area contributed by atoms with E-state index >= 15 is 0 Å². The molecular weight excluding hydrogens is 210 g/mol. The molecule has 1 aromatic carbocycles. The van der Waals surface area contributed by atoms with E-state index in [0.717, 1.165) is 6.08 Å². The van der Waals surface area contributed by atoms with E-state index in [4.69, 9.17) is 5.73 Å². The Labute approximate surface area is 84.2 Å². The van der Waals surface area contributed by atoms with Crippen molar-refractivity contribution in [3.05, 3.63) is 41.7 Å². The lowest BCUT2D eigenvalue weighted by atomic mass is 10.1. The molecule has 1 nitrogen and oxygen atoms in total. The molecule has 0 aliphatic heterocycles. The van der Waals surface area contributed by atoms with Crippen molar-refractivity contribution in [2.75, 3.05) is 0 Å². The molecule has 0 bridgehead atoms. The number of hydrogen-bond acceptors (Lipinski definition) is 1. The number of nitrogens with two attached hydrogens (primary N) is 1. The van der Waals surface area contributed by atoms with Crippen molar-refractivity contribution < 1.29 is 17.6 Å². The minimum absolute atomic E-state index is 0.438. The summed E-state index contributed by atoms with van der Waals surface area (Å²) in [7, 11) is 0. The molecule has 0 aromatic heterocycles. The largest absolute Gasteiger partial charge is 0.407 e. The van der Waals surface area contributed by atoms with Crippen LogP contribution in [0.1, 0.15) is 5.56 Å². The molecule has 82 valence electrons. The Hall–Kier alpha value is -1.36. The van der Waals surface area contributed by atoms with E-state index in [-0.39, 0.29) is 0 Å². The first-order valence-corrected chi connectivity index (χ1v) is 4.15. The van der Waals surface area contributed by atoms with Gasteiger partial charge in [-0.3, -0.25) is 0 Å². The minimum atomic E-state index is -4.45. The maximum atomic E-state index is 12.4. The van der Waals surface area contributed by atoms with Gasteiger partial charge in [0, 0.05) is 0 Å². The second-order valence-corrected chi connectivity index (χ2v) is 2.98. The Morgan fingerprint density at radius 1 is 1.13 bits per heavy atom. The van der Waals surface area contributed by atoms with E-state index in [1.807, 2.05) is 0 Å². The molecular formula is C10H9F4N. The fraction of sp³-hybridized carbons (Fsp3) is 0.200. The molecule has 0 heterocycles. The van der Waals surface area contributed by atoms with Crippen LogP contribution >= 0.6 is 0 Å². The number of hydrogen-bond donors (Lipinski definition) is 1. The van der Waals surface area contributed by atoms with E-state index in [1.54, 1.807) is 0 Å². The lowest BCUT2D eigenvalue weighted by molar-refractivity contribution is -0.136. The minimum Gasteiger partial charge on any atom is -0.317 e. The van der Waals surface area contributed by atoms with Crippen LogP contribution in [0.2, 0.25) is 0 Å². The van der Waals surface area contributed by atoms with Crippen LogP contribution in [-0.4, -0.2) is 12.2 Å². The summed E-state index contributed by atoms with van der Waals surface area (Å²) in [5.41, 5.74) is 5.31. The van der Waals surface area contributed by atoms with Gasteiger partial charge in [-0.1, -0.05) is 24.3 Å². The van der Waals surface area contributed by atoms with Gasteiger partial charge in [-0.05, 0) is 17.7 Å².